The average molecular weight is 244 g/mol. The number of likely N-dealkylation sites (N-methyl/N-ethyl adjacent to an activating group) is 1. The minimum Gasteiger partial charge on any atom is -0.444 e. The monoisotopic (exact) mass is 244 g/mol. The second-order valence-electron chi connectivity index (χ2n) is 5.41. The minimum absolute atomic E-state index is 0.0351. The Morgan fingerprint density at radius 3 is 2.24 bits per heavy atom. The van der Waals surface area contributed by atoms with Gasteiger partial charge < -0.3 is 15.0 Å². The van der Waals surface area contributed by atoms with E-state index in [9.17, 15) is 9.59 Å². The number of amides is 1. The number of carbonyl (C=O) groups is 2. The summed E-state index contributed by atoms with van der Waals surface area (Å²) >= 11 is 0. The number of ether oxygens (including phenoxy) is 1. The summed E-state index contributed by atoms with van der Waals surface area (Å²) in [4.78, 5) is 24.4. The molecule has 0 unspecified atom stereocenters. The van der Waals surface area contributed by atoms with E-state index >= 15 is 0 Å². The fourth-order valence-corrected chi connectivity index (χ4v) is 1.04. The lowest BCUT2D eigenvalue weighted by atomic mass is 10.2. The van der Waals surface area contributed by atoms with Crippen LogP contribution in [-0.4, -0.2) is 48.6 Å². The van der Waals surface area contributed by atoms with E-state index in [4.69, 9.17) is 4.74 Å². The van der Waals surface area contributed by atoms with Gasteiger partial charge in [-0.25, -0.2) is 4.79 Å². The molecule has 0 heterocycles. The standard InChI is InChI=1S/C12H24N2O3/c1-9(2)13-7-10(15)8-14(6)11(16)17-12(3,4)5/h9,13H,7-8H2,1-6H3. The van der Waals surface area contributed by atoms with Crippen molar-refractivity contribution in [3.8, 4) is 0 Å². The van der Waals surface area contributed by atoms with Crippen LogP contribution in [0.3, 0.4) is 0 Å². The van der Waals surface area contributed by atoms with Crippen molar-refractivity contribution in [1.29, 1.82) is 0 Å². The van der Waals surface area contributed by atoms with E-state index in [1.54, 1.807) is 27.8 Å². The second-order valence-corrected chi connectivity index (χ2v) is 5.41. The topological polar surface area (TPSA) is 58.6 Å². The Hall–Kier alpha value is -1.10. The average Bonchev–Trinajstić information content (AvgIpc) is 2.11. The molecule has 0 aliphatic rings. The van der Waals surface area contributed by atoms with Crippen LogP contribution < -0.4 is 5.32 Å². The Kier molecular flexibility index (Phi) is 6.16. The lowest BCUT2D eigenvalue weighted by molar-refractivity contribution is -0.119. The summed E-state index contributed by atoms with van der Waals surface area (Å²) < 4.78 is 5.14. The van der Waals surface area contributed by atoms with Gasteiger partial charge in [0.1, 0.15) is 5.60 Å². The molecule has 0 rings (SSSR count). The molecule has 0 spiro atoms. The molecule has 1 amide bonds. The van der Waals surface area contributed by atoms with Gasteiger partial charge in [0.25, 0.3) is 0 Å². The van der Waals surface area contributed by atoms with Crippen molar-refractivity contribution in [3.05, 3.63) is 0 Å². The summed E-state index contributed by atoms with van der Waals surface area (Å²) in [6.45, 7) is 9.64. The van der Waals surface area contributed by atoms with E-state index in [0.29, 0.717) is 0 Å². The first-order valence-electron chi connectivity index (χ1n) is 5.81. The Labute approximate surface area is 103 Å². The fraction of sp³-hybridized carbons (Fsp3) is 0.833. The molecule has 0 aliphatic carbocycles. The van der Waals surface area contributed by atoms with Gasteiger partial charge in [-0.2, -0.15) is 0 Å². The number of nitrogens with one attached hydrogen (secondary N) is 1. The van der Waals surface area contributed by atoms with Crippen molar-refractivity contribution in [2.45, 2.75) is 46.3 Å². The molecule has 0 bridgehead atoms. The Balaban J connectivity index is 4.04. The number of nitrogens with zero attached hydrogens (tertiary/aromatic N) is 1. The number of hydrogen-bond donors (Lipinski definition) is 1. The summed E-state index contributed by atoms with van der Waals surface area (Å²) in [6.07, 6.45) is -0.476. The van der Waals surface area contributed by atoms with Gasteiger partial charge in [-0.15, -0.1) is 0 Å². The number of rotatable bonds is 5. The van der Waals surface area contributed by atoms with Crippen LogP contribution >= 0.6 is 0 Å². The summed E-state index contributed by atoms with van der Waals surface area (Å²) in [7, 11) is 1.56. The van der Waals surface area contributed by atoms with Gasteiger partial charge in [0.15, 0.2) is 5.78 Å². The molecule has 0 radical (unpaired) electrons. The predicted octanol–water partition coefficient (Wildman–Crippen LogP) is 1.42. The molecular weight excluding hydrogens is 220 g/mol. The first-order chi connectivity index (χ1) is 7.61. The molecule has 0 saturated heterocycles. The molecule has 17 heavy (non-hydrogen) atoms. The fourth-order valence-electron chi connectivity index (χ4n) is 1.04. The molecule has 100 valence electrons. The highest BCUT2D eigenvalue weighted by Gasteiger charge is 2.20. The van der Waals surface area contributed by atoms with E-state index in [0.717, 1.165) is 0 Å². The summed E-state index contributed by atoms with van der Waals surface area (Å²) in [5, 5.41) is 3.01. The predicted molar refractivity (Wildman–Crippen MR) is 67.0 cm³/mol. The Morgan fingerprint density at radius 1 is 1.29 bits per heavy atom. The Bertz CT molecular complexity index is 269. The van der Waals surface area contributed by atoms with Crippen LogP contribution in [0.2, 0.25) is 0 Å². The van der Waals surface area contributed by atoms with Crippen LogP contribution in [0.4, 0.5) is 4.79 Å². The molecule has 0 fully saturated rings. The van der Waals surface area contributed by atoms with Crippen molar-refractivity contribution < 1.29 is 14.3 Å². The SMILES string of the molecule is CC(C)NCC(=O)CN(C)C(=O)OC(C)(C)C. The minimum atomic E-state index is -0.537. The van der Waals surface area contributed by atoms with Crippen LogP contribution in [0, 0.1) is 0 Å². The van der Waals surface area contributed by atoms with E-state index in [1.165, 1.54) is 4.90 Å². The molecule has 0 atom stereocenters. The second kappa shape index (κ2) is 6.59. The highest BCUT2D eigenvalue weighted by Crippen LogP contribution is 2.08. The summed E-state index contributed by atoms with van der Waals surface area (Å²) in [6, 6.07) is 0.255. The zero-order valence-electron chi connectivity index (χ0n) is 11.7. The quantitative estimate of drug-likeness (QED) is 0.794. The van der Waals surface area contributed by atoms with Gasteiger partial charge in [0.05, 0.1) is 13.1 Å². The van der Waals surface area contributed by atoms with Crippen LogP contribution in [-0.2, 0) is 9.53 Å². The normalized spacial score (nSPS) is 11.5. The third kappa shape index (κ3) is 8.68. The third-order valence-electron chi connectivity index (χ3n) is 1.83. The van der Waals surface area contributed by atoms with E-state index in [-0.39, 0.29) is 24.9 Å². The summed E-state index contributed by atoms with van der Waals surface area (Å²) in [5.74, 6) is -0.0351. The zero-order valence-corrected chi connectivity index (χ0v) is 11.7. The van der Waals surface area contributed by atoms with E-state index in [2.05, 4.69) is 5.32 Å². The van der Waals surface area contributed by atoms with Gasteiger partial charge in [-0.1, -0.05) is 13.8 Å². The first kappa shape index (κ1) is 15.9. The largest absolute Gasteiger partial charge is 0.444 e. The van der Waals surface area contributed by atoms with Crippen LogP contribution in [0.15, 0.2) is 0 Å². The van der Waals surface area contributed by atoms with Gasteiger partial charge in [0.2, 0.25) is 0 Å². The summed E-state index contributed by atoms with van der Waals surface area (Å²) in [5.41, 5.74) is -0.537. The maximum absolute atomic E-state index is 11.6. The molecule has 1 N–H and O–H groups in total. The number of Topliss-reactive ketones (excluding diaryl/α,β-unsaturated/α-hetero) is 1. The van der Waals surface area contributed by atoms with E-state index < -0.39 is 11.7 Å². The molecule has 0 aromatic carbocycles. The lowest BCUT2D eigenvalue weighted by Gasteiger charge is -2.24. The number of hydrogen-bond acceptors (Lipinski definition) is 4. The lowest BCUT2D eigenvalue weighted by Crippen LogP contribution is -2.40. The van der Waals surface area contributed by atoms with Crippen molar-refractivity contribution in [2.75, 3.05) is 20.1 Å². The van der Waals surface area contributed by atoms with Crippen molar-refractivity contribution in [1.82, 2.24) is 10.2 Å². The highest BCUT2D eigenvalue weighted by molar-refractivity contribution is 5.85. The number of carbonyl (C=O) groups excluding carboxylic acids is 2. The van der Waals surface area contributed by atoms with Crippen LogP contribution in [0.25, 0.3) is 0 Å². The van der Waals surface area contributed by atoms with Crippen molar-refractivity contribution >= 4 is 11.9 Å². The molecule has 0 aromatic rings. The van der Waals surface area contributed by atoms with E-state index in [1.807, 2.05) is 13.8 Å². The van der Waals surface area contributed by atoms with Gasteiger partial charge in [-0.3, -0.25) is 4.79 Å². The smallest absolute Gasteiger partial charge is 0.410 e. The van der Waals surface area contributed by atoms with Gasteiger partial charge in [0, 0.05) is 13.1 Å². The maximum atomic E-state index is 11.6. The van der Waals surface area contributed by atoms with Gasteiger partial charge in [-0.05, 0) is 20.8 Å². The van der Waals surface area contributed by atoms with Crippen molar-refractivity contribution in [3.63, 3.8) is 0 Å². The molecule has 0 saturated carbocycles. The molecule has 0 aromatic heterocycles. The molecular formula is C12H24N2O3. The number of ketones is 1. The zero-order chi connectivity index (χ0) is 13.6. The third-order valence-corrected chi connectivity index (χ3v) is 1.83. The van der Waals surface area contributed by atoms with Gasteiger partial charge >= 0.3 is 6.09 Å². The van der Waals surface area contributed by atoms with Crippen LogP contribution in [0.1, 0.15) is 34.6 Å². The van der Waals surface area contributed by atoms with Crippen molar-refractivity contribution in [2.24, 2.45) is 0 Å². The highest BCUT2D eigenvalue weighted by atomic mass is 16.6. The Morgan fingerprint density at radius 2 is 1.82 bits per heavy atom. The van der Waals surface area contributed by atoms with Crippen LogP contribution in [0.5, 0.6) is 0 Å². The first-order valence-corrected chi connectivity index (χ1v) is 5.81. The molecule has 5 nitrogen and oxygen atoms in total. The molecule has 0 aliphatic heterocycles. The molecule has 5 heteroatoms. The maximum Gasteiger partial charge on any atom is 0.410 e.